The number of halogens is 1. The molecule has 2 heterocycles. The number of nitrogens with zero attached hydrogens (tertiary/aromatic N) is 3. The zero-order valence-electron chi connectivity index (χ0n) is 9.21. The fourth-order valence-corrected chi connectivity index (χ4v) is 3.26. The first-order valence-corrected chi connectivity index (χ1v) is 7.48. The first-order valence-electron chi connectivity index (χ1n) is 5.22. The van der Waals surface area contributed by atoms with E-state index >= 15 is 0 Å². The Kier molecular flexibility index (Phi) is 3.13. The molecule has 17 heavy (non-hydrogen) atoms. The predicted octanol–water partition coefficient (Wildman–Crippen LogP) is 1.05. The quantitative estimate of drug-likeness (QED) is 0.609. The number of aryl methyl sites for hydroxylation is 1. The summed E-state index contributed by atoms with van der Waals surface area (Å²) in [5.41, 5.74) is 0.704. The number of amides is 1. The Morgan fingerprint density at radius 2 is 2.29 bits per heavy atom. The molecular formula is C9H12ClN3O3S. The third kappa shape index (κ3) is 2.16. The summed E-state index contributed by atoms with van der Waals surface area (Å²) in [6, 6.07) is -0.515. The second-order valence-electron chi connectivity index (χ2n) is 3.86. The van der Waals surface area contributed by atoms with Gasteiger partial charge in [0.25, 0.3) is 0 Å². The molecule has 0 saturated carbocycles. The van der Waals surface area contributed by atoms with E-state index < -0.39 is 21.2 Å². The Morgan fingerprint density at radius 3 is 2.82 bits per heavy atom. The minimum atomic E-state index is -4.01. The highest BCUT2D eigenvalue weighted by Crippen LogP contribution is 2.37. The van der Waals surface area contributed by atoms with E-state index in [9.17, 15) is 13.2 Å². The number of carbonyl (C=O) groups is 1. The molecule has 1 aliphatic rings. The lowest BCUT2D eigenvalue weighted by Crippen LogP contribution is -2.48. The Labute approximate surface area is 104 Å². The number of imidazole rings is 1. The summed E-state index contributed by atoms with van der Waals surface area (Å²) in [4.78, 5) is 15.3. The van der Waals surface area contributed by atoms with Gasteiger partial charge in [0.15, 0.2) is 0 Å². The van der Waals surface area contributed by atoms with Crippen molar-refractivity contribution < 1.29 is 13.2 Å². The van der Waals surface area contributed by atoms with Gasteiger partial charge in [0.1, 0.15) is 0 Å². The summed E-state index contributed by atoms with van der Waals surface area (Å²) < 4.78 is 25.0. The molecule has 1 atom stereocenters. The van der Waals surface area contributed by atoms with Crippen LogP contribution in [0.15, 0.2) is 12.5 Å². The monoisotopic (exact) mass is 277 g/mol. The van der Waals surface area contributed by atoms with Gasteiger partial charge in [0.05, 0.1) is 30.7 Å². The third-order valence-electron chi connectivity index (χ3n) is 2.68. The van der Waals surface area contributed by atoms with E-state index in [0.29, 0.717) is 10.00 Å². The number of hydrogen-bond donors (Lipinski definition) is 0. The molecule has 0 aliphatic carbocycles. The molecule has 1 fully saturated rings. The lowest BCUT2D eigenvalue weighted by Gasteiger charge is -2.37. The topological polar surface area (TPSA) is 72.3 Å². The van der Waals surface area contributed by atoms with Crippen molar-refractivity contribution in [1.82, 2.24) is 13.9 Å². The predicted molar refractivity (Wildman–Crippen MR) is 61.5 cm³/mol. The zero-order chi connectivity index (χ0) is 12.6. The highest BCUT2D eigenvalue weighted by atomic mass is 35.7. The largest absolute Gasteiger partial charge is 0.333 e. The number of carbonyl (C=O) groups excluding carboxylic acids is 1. The van der Waals surface area contributed by atoms with Gasteiger partial charge in [-0.3, -0.25) is 4.79 Å². The van der Waals surface area contributed by atoms with Crippen molar-refractivity contribution in [3.63, 3.8) is 0 Å². The minimum absolute atomic E-state index is 0.154. The molecule has 6 nitrogen and oxygen atoms in total. The molecular weight excluding hydrogens is 266 g/mol. The van der Waals surface area contributed by atoms with Gasteiger partial charge in [-0.2, -0.15) is 8.42 Å². The van der Waals surface area contributed by atoms with Crippen LogP contribution in [-0.2, 0) is 20.6 Å². The Balaban J connectivity index is 2.29. The molecule has 94 valence electrons. The summed E-state index contributed by atoms with van der Waals surface area (Å²) in [5.74, 6) is -0.478. The van der Waals surface area contributed by atoms with Crippen molar-refractivity contribution in [2.45, 2.75) is 32.4 Å². The van der Waals surface area contributed by atoms with Crippen LogP contribution in [0.1, 0.15) is 31.5 Å². The standard InChI is InChI=1S/C9H12ClN3O3S/c1-2-3-12-6-11-5-8(12)7-4-9(14)13(7)17(10,15)16/h5-7H,2-4H2,1H3. The van der Waals surface area contributed by atoms with Crippen molar-refractivity contribution in [1.29, 1.82) is 0 Å². The zero-order valence-corrected chi connectivity index (χ0v) is 10.8. The smallest absolute Gasteiger partial charge is 0.324 e. The SMILES string of the molecule is CCCn1cncc1C1CC(=O)N1S(=O)(=O)Cl. The Morgan fingerprint density at radius 1 is 1.59 bits per heavy atom. The minimum Gasteiger partial charge on any atom is -0.333 e. The number of β-lactam (4-membered cyclic amide) rings is 1. The lowest BCUT2D eigenvalue weighted by molar-refractivity contribution is -0.137. The van der Waals surface area contributed by atoms with E-state index in [4.69, 9.17) is 10.7 Å². The third-order valence-corrected chi connectivity index (χ3v) is 4.06. The molecule has 2 rings (SSSR count). The normalized spacial score (nSPS) is 20.5. The van der Waals surface area contributed by atoms with Crippen molar-refractivity contribution in [2.75, 3.05) is 0 Å². The fourth-order valence-electron chi connectivity index (χ4n) is 1.93. The summed E-state index contributed by atoms with van der Waals surface area (Å²) in [7, 11) is 1.21. The summed E-state index contributed by atoms with van der Waals surface area (Å²) in [6.45, 7) is 2.74. The van der Waals surface area contributed by atoms with Crippen molar-refractivity contribution in [3.8, 4) is 0 Å². The van der Waals surface area contributed by atoms with Gasteiger partial charge in [0, 0.05) is 17.2 Å². The van der Waals surface area contributed by atoms with Gasteiger partial charge < -0.3 is 4.57 Å². The molecule has 0 radical (unpaired) electrons. The van der Waals surface area contributed by atoms with Crippen LogP contribution in [-0.4, -0.2) is 28.2 Å². The molecule has 1 saturated heterocycles. The van der Waals surface area contributed by atoms with Crippen LogP contribution in [0.3, 0.4) is 0 Å². The molecule has 0 spiro atoms. The van der Waals surface area contributed by atoms with Crippen LogP contribution in [0.4, 0.5) is 0 Å². The maximum atomic E-state index is 11.3. The van der Waals surface area contributed by atoms with E-state index in [1.165, 1.54) is 0 Å². The van der Waals surface area contributed by atoms with Gasteiger partial charge in [-0.1, -0.05) is 6.92 Å². The highest BCUT2D eigenvalue weighted by molar-refractivity contribution is 8.12. The van der Waals surface area contributed by atoms with Crippen molar-refractivity contribution in [2.24, 2.45) is 0 Å². The lowest BCUT2D eigenvalue weighted by atomic mass is 10.0. The van der Waals surface area contributed by atoms with Gasteiger partial charge >= 0.3 is 9.24 Å². The van der Waals surface area contributed by atoms with E-state index in [2.05, 4.69) is 4.98 Å². The average molecular weight is 278 g/mol. The maximum Gasteiger partial charge on any atom is 0.324 e. The molecule has 0 bridgehead atoms. The van der Waals surface area contributed by atoms with Crippen LogP contribution in [0.5, 0.6) is 0 Å². The number of hydrogen-bond acceptors (Lipinski definition) is 4. The van der Waals surface area contributed by atoms with Gasteiger partial charge in [-0.15, -0.1) is 0 Å². The molecule has 1 aromatic rings. The molecule has 1 amide bonds. The first kappa shape index (κ1) is 12.4. The average Bonchev–Trinajstić information content (AvgIpc) is 2.59. The highest BCUT2D eigenvalue weighted by Gasteiger charge is 2.45. The molecule has 0 N–H and O–H groups in total. The summed E-state index contributed by atoms with van der Waals surface area (Å²) >= 11 is 0. The van der Waals surface area contributed by atoms with E-state index in [-0.39, 0.29) is 6.42 Å². The first-order chi connectivity index (χ1) is 7.95. The van der Waals surface area contributed by atoms with Crippen LogP contribution < -0.4 is 0 Å². The second kappa shape index (κ2) is 4.30. The molecule has 0 aromatic carbocycles. The Bertz CT molecular complexity index is 539. The Hall–Kier alpha value is -1.08. The molecule has 1 aliphatic heterocycles. The van der Waals surface area contributed by atoms with Crippen molar-refractivity contribution >= 4 is 25.8 Å². The molecule has 1 aromatic heterocycles. The summed E-state index contributed by atoms with van der Waals surface area (Å²) in [5, 5.41) is 0. The van der Waals surface area contributed by atoms with E-state index in [0.717, 1.165) is 13.0 Å². The van der Waals surface area contributed by atoms with E-state index in [1.807, 2.05) is 11.5 Å². The number of aromatic nitrogens is 2. The van der Waals surface area contributed by atoms with Crippen LogP contribution in [0, 0.1) is 0 Å². The molecule has 8 heteroatoms. The second-order valence-corrected chi connectivity index (χ2v) is 6.25. The van der Waals surface area contributed by atoms with Crippen LogP contribution in [0.2, 0.25) is 0 Å². The number of rotatable bonds is 4. The van der Waals surface area contributed by atoms with Crippen molar-refractivity contribution in [3.05, 3.63) is 18.2 Å². The van der Waals surface area contributed by atoms with Gasteiger partial charge in [0.2, 0.25) is 5.91 Å². The summed E-state index contributed by atoms with van der Waals surface area (Å²) in [6.07, 6.45) is 4.25. The van der Waals surface area contributed by atoms with Gasteiger partial charge in [-0.25, -0.2) is 9.29 Å². The molecule has 1 unspecified atom stereocenters. The maximum absolute atomic E-state index is 11.3. The van der Waals surface area contributed by atoms with Gasteiger partial charge in [-0.05, 0) is 6.42 Å². The van der Waals surface area contributed by atoms with Crippen LogP contribution in [0.25, 0.3) is 0 Å². The fraction of sp³-hybridized carbons (Fsp3) is 0.556. The van der Waals surface area contributed by atoms with E-state index in [1.54, 1.807) is 12.5 Å². The van der Waals surface area contributed by atoms with Crippen LogP contribution >= 0.6 is 10.7 Å².